The van der Waals surface area contributed by atoms with Crippen LogP contribution in [0.3, 0.4) is 0 Å². The number of nitrogens with zero attached hydrogens (tertiary/aromatic N) is 2. The number of phenols is 1. The number of carbonyl (C=O) groups is 1. The molecule has 21 heavy (non-hydrogen) atoms. The fourth-order valence-electron chi connectivity index (χ4n) is 1.87. The van der Waals surface area contributed by atoms with Crippen LogP contribution >= 0.6 is 11.8 Å². The SMILES string of the molecule is CCn1c(SCc2cc(F)cc(C(C)=O)c2O)n[nH]c1=O. The largest absolute Gasteiger partial charge is 0.507 e. The van der Waals surface area contributed by atoms with E-state index in [-0.39, 0.29) is 28.3 Å². The lowest BCUT2D eigenvalue weighted by Crippen LogP contribution is -2.16. The maximum Gasteiger partial charge on any atom is 0.343 e. The van der Waals surface area contributed by atoms with Gasteiger partial charge in [-0.15, -0.1) is 5.10 Å². The summed E-state index contributed by atoms with van der Waals surface area (Å²) in [7, 11) is 0. The number of ketones is 1. The number of aromatic hydroxyl groups is 1. The summed E-state index contributed by atoms with van der Waals surface area (Å²) in [6.07, 6.45) is 0. The number of thioether (sulfide) groups is 1. The van der Waals surface area contributed by atoms with E-state index < -0.39 is 11.6 Å². The number of rotatable bonds is 5. The number of halogens is 1. The predicted molar refractivity (Wildman–Crippen MR) is 76.2 cm³/mol. The Balaban J connectivity index is 2.28. The monoisotopic (exact) mass is 311 g/mol. The number of aromatic nitrogens is 3. The molecule has 8 heteroatoms. The van der Waals surface area contributed by atoms with Gasteiger partial charge in [0.1, 0.15) is 11.6 Å². The number of hydrogen-bond acceptors (Lipinski definition) is 5. The Labute approximate surface area is 124 Å². The summed E-state index contributed by atoms with van der Waals surface area (Å²) in [5, 5.41) is 16.6. The maximum absolute atomic E-state index is 13.5. The van der Waals surface area contributed by atoms with Gasteiger partial charge in [0.05, 0.1) is 5.56 Å². The van der Waals surface area contributed by atoms with Crippen LogP contribution in [0.15, 0.2) is 22.1 Å². The molecule has 1 aromatic heterocycles. The van der Waals surface area contributed by atoms with Gasteiger partial charge in [-0.3, -0.25) is 9.36 Å². The lowest BCUT2D eigenvalue weighted by molar-refractivity contribution is 0.101. The Kier molecular flexibility index (Phi) is 4.46. The number of carbonyl (C=O) groups excluding carboxylic acids is 1. The molecule has 0 saturated heterocycles. The second kappa shape index (κ2) is 6.13. The third kappa shape index (κ3) is 3.15. The summed E-state index contributed by atoms with van der Waals surface area (Å²) in [5.41, 5.74) is -0.100. The van der Waals surface area contributed by atoms with Crippen molar-refractivity contribution in [2.75, 3.05) is 0 Å². The molecule has 0 atom stereocenters. The minimum Gasteiger partial charge on any atom is -0.507 e. The Morgan fingerprint density at radius 2 is 2.24 bits per heavy atom. The highest BCUT2D eigenvalue weighted by Gasteiger charge is 2.15. The number of benzene rings is 1. The zero-order valence-electron chi connectivity index (χ0n) is 11.5. The van der Waals surface area contributed by atoms with Crippen molar-refractivity contribution in [3.05, 3.63) is 39.6 Å². The summed E-state index contributed by atoms with van der Waals surface area (Å²) < 4.78 is 14.9. The van der Waals surface area contributed by atoms with E-state index in [1.54, 1.807) is 6.92 Å². The van der Waals surface area contributed by atoms with Gasteiger partial charge in [-0.1, -0.05) is 11.8 Å². The predicted octanol–water partition coefficient (Wildman–Crippen LogP) is 1.93. The molecule has 112 valence electrons. The molecule has 0 radical (unpaired) electrons. The molecule has 0 aliphatic carbocycles. The van der Waals surface area contributed by atoms with E-state index in [0.717, 1.165) is 12.1 Å². The van der Waals surface area contributed by atoms with E-state index in [2.05, 4.69) is 10.2 Å². The molecule has 0 aliphatic heterocycles. The second-order valence-corrected chi connectivity index (χ2v) is 5.30. The van der Waals surface area contributed by atoms with E-state index >= 15 is 0 Å². The van der Waals surface area contributed by atoms with Crippen molar-refractivity contribution in [3.8, 4) is 5.75 Å². The number of nitrogens with one attached hydrogen (secondary N) is 1. The molecule has 0 aliphatic rings. The molecular formula is C13H14FN3O3S. The van der Waals surface area contributed by atoms with Crippen molar-refractivity contribution in [2.24, 2.45) is 0 Å². The van der Waals surface area contributed by atoms with Crippen LogP contribution in [0.4, 0.5) is 4.39 Å². The molecule has 0 unspecified atom stereocenters. The van der Waals surface area contributed by atoms with Gasteiger partial charge in [-0.05, 0) is 26.0 Å². The van der Waals surface area contributed by atoms with Gasteiger partial charge in [-0.2, -0.15) is 0 Å². The molecule has 1 heterocycles. The number of phenolic OH excluding ortho intramolecular Hbond substituents is 1. The number of hydrogen-bond donors (Lipinski definition) is 2. The van der Waals surface area contributed by atoms with E-state index in [4.69, 9.17) is 0 Å². The highest BCUT2D eigenvalue weighted by Crippen LogP contribution is 2.30. The van der Waals surface area contributed by atoms with Crippen LogP contribution in [0.2, 0.25) is 0 Å². The van der Waals surface area contributed by atoms with E-state index in [1.807, 2.05) is 0 Å². The molecule has 2 rings (SSSR count). The summed E-state index contributed by atoms with van der Waals surface area (Å²) in [5.74, 6) is -1.06. The van der Waals surface area contributed by atoms with Crippen molar-refractivity contribution in [3.63, 3.8) is 0 Å². The van der Waals surface area contributed by atoms with Crippen molar-refractivity contribution in [1.82, 2.24) is 14.8 Å². The van der Waals surface area contributed by atoms with Gasteiger partial charge in [0.2, 0.25) is 0 Å². The van der Waals surface area contributed by atoms with Gasteiger partial charge >= 0.3 is 5.69 Å². The van der Waals surface area contributed by atoms with Gasteiger partial charge in [0, 0.05) is 17.9 Å². The minimum absolute atomic E-state index is 0.0551. The zero-order valence-corrected chi connectivity index (χ0v) is 12.3. The molecule has 0 bridgehead atoms. The second-order valence-electron chi connectivity index (χ2n) is 4.36. The molecule has 2 N–H and O–H groups in total. The quantitative estimate of drug-likeness (QED) is 0.651. The van der Waals surface area contributed by atoms with Gasteiger partial charge in [0.25, 0.3) is 0 Å². The number of H-pyrrole nitrogens is 1. The molecule has 0 amide bonds. The van der Waals surface area contributed by atoms with E-state index in [0.29, 0.717) is 11.7 Å². The zero-order chi connectivity index (χ0) is 15.6. The first-order valence-electron chi connectivity index (χ1n) is 6.24. The van der Waals surface area contributed by atoms with Crippen LogP contribution in [0.5, 0.6) is 5.75 Å². The van der Waals surface area contributed by atoms with Crippen LogP contribution in [-0.4, -0.2) is 25.7 Å². The first-order chi connectivity index (χ1) is 9.93. The molecule has 0 saturated carbocycles. The smallest absolute Gasteiger partial charge is 0.343 e. The normalized spacial score (nSPS) is 10.8. The maximum atomic E-state index is 13.5. The fraction of sp³-hybridized carbons (Fsp3) is 0.308. The summed E-state index contributed by atoms with van der Waals surface area (Å²) in [6, 6.07) is 2.16. The molecule has 2 aromatic rings. The molecular weight excluding hydrogens is 297 g/mol. The average molecular weight is 311 g/mol. The van der Waals surface area contributed by atoms with Crippen molar-refractivity contribution < 1.29 is 14.3 Å². The Morgan fingerprint density at radius 3 is 2.86 bits per heavy atom. The van der Waals surface area contributed by atoms with Crippen molar-refractivity contribution in [1.29, 1.82) is 0 Å². The lowest BCUT2D eigenvalue weighted by Gasteiger charge is -2.08. The van der Waals surface area contributed by atoms with Crippen molar-refractivity contribution in [2.45, 2.75) is 31.3 Å². The molecule has 6 nitrogen and oxygen atoms in total. The number of Topliss-reactive ketones (excluding diaryl/α,β-unsaturated/α-hetero) is 1. The van der Waals surface area contributed by atoms with Crippen molar-refractivity contribution >= 4 is 17.5 Å². The Morgan fingerprint density at radius 1 is 1.52 bits per heavy atom. The average Bonchev–Trinajstić information content (AvgIpc) is 2.79. The third-order valence-corrected chi connectivity index (χ3v) is 3.95. The van der Waals surface area contributed by atoms with E-state index in [9.17, 15) is 19.1 Å². The van der Waals surface area contributed by atoms with Gasteiger partial charge in [-0.25, -0.2) is 14.3 Å². The summed E-state index contributed by atoms with van der Waals surface area (Å²) in [4.78, 5) is 22.8. The molecule has 0 spiro atoms. The molecule has 1 aromatic carbocycles. The Hall–Kier alpha value is -2.09. The van der Waals surface area contributed by atoms with Crippen LogP contribution < -0.4 is 5.69 Å². The topological polar surface area (TPSA) is 88.0 Å². The first-order valence-corrected chi connectivity index (χ1v) is 7.23. The lowest BCUT2D eigenvalue weighted by atomic mass is 10.1. The highest BCUT2D eigenvalue weighted by atomic mass is 32.2. The minimum atomic E-state index is -0.594. The van der Waals surface area contributed by atoms with Crippen LogP contribution in [-0.2, 0) is 12.3 Å². The highest BCUT2D eigenvalue weighted by molar-refractivity contribution is 7.98. The van der Waals surface area contributed by atoms with Crippen LogP contribution in [0.25, 0.3) is 0 Å². The summed E-state index contributed by atoms with van der Waals surface area (Å²) >= 11 is 1.17. The van der Waals surface area contributed by atoms with Gasteiger partial charge in [0.15, 0.2) is 10.9 Å². The van der Waals surface area contributed by atoms with Gasteiger partial charge < -0.3 is 5.11 Å². The summed E-state index contributed by atoms with van der Waals surface area (Å²) in [6.45, 7) is 3.51. The van der Waals surface area contributed by atoms with E-state index in [1.165, 1.54) is 23.3 Å². The third-order valence-electron chi connectivity index (χ3n) is 2.93. The standard InChI is InChI=1S/C13H14FN3O3S/c1-3-17-12(20)15-16-13(17)21-6-8-4-9(14)5-10(7(2)18)11(8)19/h4-5,19H,3,6H2,1-2H3,(H,15,20). The number of aromatic amines is 1. The fourth-order valence-corrected chi connectivity index (χ4v) is 2.85. The Bertz CT molecular complexity index is 739. The van der Waals surface area contributed by atoms with Crippen LogP contribution in [0.1, 0.15) is 29.8 Å². The van der Waals surface area contributed by atoms with Crippen LogP contribution in [0, 0.1) is 5.82 Å². The first kappa shape index (κ1) is 15.3. The molecule has 0 fully saturated rings.